The van der Waals surface area contributed by atoms with Crippen LogP contribution in [0.5, 0.6) is 0 Å². The van der Waals surface area contributed by atoms with Gasteiger partial charge in [-0.2, -0.15) is 9.61 Å². The minimum Gasteiger partial charge on any atom is -0.264 e. The number of benzene rings is 1. The maximum atomic E-state index is 5.92. The normalized spacial score (nSPS) is 11.5. The average molecular weight is 340 g/mol. The van der Waals surface area contributed by atoms with Gasteiger partial charge in [0, 0.05) is 23.0 Å². The molecule has 7 heteroatoms. The Bertz CT molecular complexity index is 973. The maximum Gasteiger partial charge on any atom is 0.235 e. The van der Waals surface area contributed by atoms with Crippen LogP contribution in [0.3, 0.4) is 0 Å². The topological polar surface area (TPSA) is 56.0 Å². The summed E-state index contributed by atoms with van der Waals surface area (Å²) in [5.41, 5.74) is 1.95. The minimum absolute atomic E-state index is 0.688. The Morgan fingerprint density at radius 2 is 1.91 bits per heavy atom. The van der Waals surface area contributed by atoms with Gasteiger partial charge >= 0.3 is 0 Å². The summed E-state index contributed by atoms with van der Waals surface area (Å²) < 4.78 is 1.75. The summed E-state index contributed by atoms with van der Waals surface area (Å²) in [5, 5.41) is 14.5. The van der Waals surface area contributed by atoms with Gasteiger partial charge in [-0.15, -0.1) is 10.2 Å². The van der Waals surface area contributed by atoms with E-state index >= 15 is 0 Å². The highest BCUT2D eigenvalue weighted by Gasteiger charge is 2.12. The fourth-order valence-corrected chi connectivity index (χ4v) is 2.99. The number of fused-ring (bicyclic) bond motifs is 1. The van der Waals surface area contributed by atoms with Crippen molar-refractivity contribution in [3.8, 4) is 11.4 Å². The van der Waals surface area contributed by atoms with E-state index in [9.17, 15) is 0 Å². The molecule has 0 radical (unpaired) electrons. The molecule has 0 spiro atoms. The lowest BCUT2D eigenvalue weighted by Crippen LogP contribution is -1.90. The molecule has 0 fully saturated rings. The van der Waals surface area contributed by atoms with Crippen molar-refractivity contribution in [2.75, 3.05) is 0 Å². The highest BCUT2D eigenvalue weighted by molar-refractivity contribution is 7.17. The molecule has 0 aliphatic heterocycles. The van der Waals surface area contributed by atoms with Crippen LogP contribution in [0.15, 0.2) is 48.8 Å². The van der Waals surface area contributed by atoms with Gasteiger partial charge in [0.1, 0.15) is 5.01 Å². The van der Waals surface area contributed by atoms with Crippen molar-refractivity contribution in [1.29, 1.82) is 0 Å². The molecule has 0 saturated carbocycles. The highest BCUT2D eigenvalue weighted by atomic mass is 35.5. The van der Waals surface area contributed by atoms with E-state index in [-0.39, 0.29) is 0 Å². The lowest BCUT2D eigenvalue weighted by atomic mass is 10.2. The van der Waals surface area contributed by atoms with E-state index in [0.717, 1.165) is 21.1 Å². The standard InChI is InChI=1S/C16H10ClN5S/c17-13-6-4-12(5-7-13)15-19-20-16-22(15)21-14(23-16)8-3-11-2-1-9-18-10-11/h1-10H. The predicted octanol–water partition coefficient (Wildman–Crippen LogP) is 4.07. The Balaban J connectivity index is 1.69. The van der Waals surface area contributed by atoms with E-state index < -0.39 is 0 Å². The monoisotopic (exact) mass is 339 g/mol. The van der Waals surface area contributed by atoms with Crippen LogP contribution in [-0.2, 0) is 0 Å². The fraction of sp³-hybridized carbons (Fsp3) is 0. The van der Waals surface area contributed by atoms with Crippen molar-refractivity contribution in [3.05, 3.63) is 64.4 Å². The summed E-state index contributed by atoms with van der Waals surface area (Å²) in [7, 11) is 0. The van der Waals surface area contributed by atoms with Gasteiger partial charge in [-0.3, -0.25) is 4.98 Å². The maximum absolute atomic E-state index is 5.92. The molecule has 5 nitrogen and oxygen atoms in total. The zero-order valence-electron chi connectivity index (χ0n) is 11.8. The third kappa shape index (κ3) is 2.86. The van der Waals surface area contributed by atoms with E-state index in [2.05, 4.69) is 20.3 Å². The first-order chi connectivity index (χ1) is 11.3. The molecule has 0 aliphatic carbocycles. The number of aromatic nitrogens is 5. The first kappa shape index (κ1) is 14.0. The van der Waals surface area contributed by atoms with Gasteiger partial charge in [0.05, 0.1) is 0 Å². The van der Waals surface area contributed by atoms with Crippen LogP contribution in [0.1, 0.15) is 10.6 Å². The Labute approximate surface area is 140 Å². The molecule has 23 heavy (non-hydrogen) atoms. The SMILES string of the molecule is Clc1ccc(-c2nnc3sc(C=Cc4cccnc4)nn23)cc1. The molecule has 0 N–H and O–H groups in total. The number of rotatable bonds is 3. The molecule has 0 bridgehead atoms. The van der Waals surface area contributed by atoms with Crippen molar-refractivity contribution < 1.29 is 0 Å². The van der Waals surface area contributed by atoms with Gasteiger partial charge in [-0.05, 0) is 42.0 Å². The van der Waals surface area contributed by atoms with Gasteiger partial charge in [0.25, 0.3) is 0 Å². The molecule has 0 unspecified atom stereocenters. The van der Waals surface area contributed by atoms with Crippen LogP contribution in [-0.4, -0.2) is 24.8 Å². The van der Waals surface area contributed by atoms with E-state index in [1.165, 1.54) is 11.3 Å². The number of halogens is 1. The fourth-order valence-electron chi connectivity index (χ4n) is 2.12. The summed E-state index contributed by atoms with van der Waals surface area (Å²) in [6.45, 7) is 0. The van der Waals surface area contributed by atoms with Gasteiger partial charge in [0.15, 0.2) is 5.82 Å². The number of hydrogen-bond acceptors (Lipinski definition) is 5. The second kappa shape index (κ2) is 5.91. The third-order valence-electron chi connectivity index (χ3n) is 3.21. The molecule has 112 valence electrons. The molecule has 0 atom stereocenters. The lowest BCUT2D eigenvalue weighted by Gasteiger charge is -1.96. The van der Waals surface area contributed by atoms with E-state index in [1.807, 2.05) is 48.6 Å². The zero-order chi connectivity index (χ0) is 15.6. The van der Waals surface area contributed by atoms with Gasteiger partial charge in [-0.1, -0.05) is 35.1 Å². The second-order valence-corrected chi connectivity index (χ2v) is 6.21. The Hall–Kier alpha value is -2.57. The third-order valence-corrected chi connectivity index (χ3v) is 4.33. The minimum atomic E-state index is 0.688. The van der Waals surface area contributed by atoms with E-state index in [4.69, 9.17) is 11.6 Å². The molecular formula is C16H10ClN5S. The van der Waals surface area contributed by atoms with E-state index in [0.29, 0.717) is 10.8 Å². The van der Waals surface area contributed by atoms with E-state index in [1.54, 1.807) is 16.9 Å². The quantitative estimate of drug-likeness (QED) is 0.564. The molecule has 0 saturated heterocycles. The van der Waals surface area contributed by atoms with Crippen LogP contribution >= 0.6 is 22.9 Å². The molecule has 4 rings (SSSR count). The van der Waals surface area contributed by atoms with Crippen molar-refractivity contribution in [2.24, 2.45) is 0 Å². The van der Waals surface area contributed by atoms with Crippen molar-refractivity contribution >= 4 is 40.1 Å². The average Bonchev–Trinajstić information content (AvgIpc) is 3.15. The molecular weight excluding hydrogens is 330 g/mol. The van der Waals surface area contributed by atoms with Crippen molar-refractivity contribution in [2.45, 2.75) is 0 Å². The smallest absolute Gasteiger partial charge is 0.235 e. The zero-order valence-corrected chi connectivity index (χ0v) is 13.4. The molecule has 1 aromatic carbocycles. The first-order valence-electron chi connectivity index (χ1n) is 6.86. The molecule has 3 heterocycles. The summed E-state index contributed by atoms with van der Waals surface area (Å²) >= 11 is 7.40. The van der Waals surface area contributed by atoms with Crippen LogP contribution in [0.2, 0.25) is 5.02 Å². The predicted molar refractivity (Wildman–Crippen MR) is 92.3 cm³/mol. The number of hydrogen-bond donors (Lipinski definition) is 0. The molecule has 0 amide bonds. The van der Waals surface area contributed by atoms with Crippen molar-refractivity contribution in [1.82, 2.24) is 24.8 Å². The summed E-state index contributed by atoms with van der Waals surface area (Å²) in [5.74, 6) is 0.703. The molecule has 4 aromatic rings. The first-order valence-corrected chi connectivity index (χ1v) is 8.05. The number of nitrogens with zero attached hydrogens (tertiary/aromatic N) is 5. The second-order valence-electron chi connectivity index (χ2n) is 4.78. The molecule has 0 aliphatic rings. The summed E-state index contributed by atoms with van der Waals surface area (Å²) in [4.78, 5) is 4.83. The van der Waals surface area contributed by atoms with Gasteiger partial charge < -0.3 is 0 Å². The van der Waals surface area contributed by atoms with Crippen LogP contribution < -0.4 is 0 Å². The largest absolute Gasteiger partial charge is 0.264 e. The van der Waals surface area contributed by atoms with Crippen LogP contribution in [0.4, 0.5) is 0 Å². The van der Waals surface area contributed by atoms with Crippen LogP contribution in [0.25, 0.3) is 28.5 Å². The summed E-state index contributed by atoms with van der Waals surface area (Å²) in [6, 6.07) is 11.4. The van der Waals surface area contributed by atoms with Gasteiger partial charge in [-0.25, -0.2) is 0 Å². The van der Waals surface area contributed by atoms with Gasteiger partial charge in [0.2, 0.25) is 4.96 Å². The molecule has 3 aromatic heterocycles. The van der Waals surface area contributed by atoms with Crippen molar-refractivity contribution in [3.63, 3.8) is 0 Å². The number of pyridine rings is 1. The summed E-state index contributed by atoms with van der Waals surface area (Å²) in [6.07, 6.45) is 7.47. The lowest BCUT2D eigenvalue weighted by molar-refractivity contribution is 0.960. The Kier molecular flexibility index (Phi) is 3.61. The van der Waals surface area contributed by atoms with Crippen LogP contribution in [0, 0.1) is 0 Å². The Morgan fingerprint density at radius 1 is 1.04 bits per heavy atom. The Morgan fingerprint density at radius 3 is 2.70 bits per heavy atom. The highest BCUT2D eigenvalue weighted by Crippen LogP contribution is 2.23.